The largest absolute Gasteiger partial charge is 0.297 e. The fourth-order valence-corrected chi connectivity index (χ4v) is 5.04. The summed E-state index contributed by atoms with van der Waals surface area (Å²) in [6.45, 7) is 3.95. The van der Waals surface area contributed by atoms with E-state index in [1.165, 1.54) is 4.88 Å². The molecule has 0 unspecified atom stereocenters. The molecule has 1 saturated heterocycles. The van der Waals surface area contributed by atoms with Gasteiger partial charge in [-0.3, -0.25) is 4.90 Å². The lowest BCUT2D eigenvalue weighted by Crippen LogP contribution is -2.36. The van der Waals surface area contributed by atoms with E-state index in [1.54, 1.807) is 15.6 Å². The van der Waals surface area contributed by atoms with Crippen LogP contribution in [-0.4, -0.2) is 55.4 Å². The topological polar surface area (TPSA) is 40.6 Å². The fourth-order valence-electron chi connectivity index (χ4n) is 2.51. The highest BCUT2D eigenvalue weighted by Gasteiger charge is 2.24. The van der Waals surface area contributed by atoms with Gasteiger partial charge in [-0.2, -0.15) is 0 Å². The lowest BCUT2D eigenvalue weighted by Gasteiger charge is -2.21. The van der Waals surface area contributed by atoms with E-state index >= 15 is 0 Å². The first-order chi connectivity index (χ1) is 10.1. The second kappa shape index (κ2) is 8.48. The molecular formula is C14H23ClN2O2S2. The van der Waals surface area contributed by atoms with Crippen LogP contribution < -0.4 is 0 Å². The highest BCUT2D eigenvalue weighted by molar-refractivity contribution is 7.89. The lowest BCUT2D eigenvalue weighted by atomic mass is 10.3. The number of hydrogen-bond donors (Lipinski definition) is 0. The van der Waals surface area contributed by atoms with Gasteiger partial charge in [-0.05, 0) is 37.3 Å². The van der Waals surface area contributed by atoms with Gasteiger partial charge in [0.25, 0.3) is 0 Å². The van der Waals surface area contributed by atoms with Gasteiger partial charge in [0.15, 0.2) is 0 Å². The molecule has 0 radical (unpaired) electrons. The van der Waals surface area contributed by atoms with E-state index < -0.39 is 10.0 Å². The number of nitrogens with zero attached hydrogens (tertiary/aromatic N) is 2. The summed E-state index contributed by atoms with van der Waals surface area (Å²) in [6, 6.07) is 4.20. The summed E-state index contributed by atoms with van der Waals surface area (Å²) < 4.78 is 26.3. The summed E-state index contributed by atoms with van der Waals surface area (Å²) in [7, 11) is -3.11. The number of hydrogen-bond acceptors (Lipinski definition) is 4. The number of halogens is 1. The van der Waals surface area contributed by atoms with Gasteiger partial charge in [-0.1, -0.05) is 6.07 Å². The van der Waals surface area contributed by atoms with Gasteiger partial charge >= 0.3 is 0 Å². The molecule has 0 N–H and O–H groups in total. The van der Waals surface area contributed by atoms with Gasteiger partial charge in [0, 0.05) is 36.9 Å². The van der Waals surface area contributed by atoms with Crippen molar-refractivity contribution in [1.29, 1.82) is 0 Å². The molecule has 0 aliphatic carbocycles. The Morgan fingerprint density at radius 3 is 2.76 bits per heavy atom. The number of unbranched alkanes of at least 4 members (excludes halogenated alkanes) is 1. The summed E-state index contributed by atoms with van der Waals surface area (Å²) in [5.41, 5.74) is 0. The van der Waals surface area contributed by atoms with Gasteiger partial charge < -0.3 is 0 Å². The molecule has 1 aromatic rings. The van der Waals surface area contributed by atoms with E-state index in [4.69, 9.17) is 11.6 Å². The number of thiophene rings is 1. The van der Waals surface area contributed by atoms with Crippen LogP contribution in [0, 0.1) is 0 Å². The van der Waals surface area contributed by atoms with Crippen molar-refractivity contribution in [3.8, 4) is 0 Å². The van der Waals surface area contributed by atoms with Crippen molar-refractivity contribution in [3.63, 3.8) is 0 Å². The average molecular weight is 351 g/mol. The van der Waals surface area contributed by atoms with Crippen LogP contribution in [0.4, 0.5) is 0 Å². The molecule has 2 rings (SSSR count). The zero-order valence-electron chi connectivity index (χ0n) is 12.2. The highest BCUT2D eigenvalue weighted by Crippen LogP contribution is 2.15. The van der Waals surface area contributed by atoms with E-state index in [1.807, 2.05) is 0 Å². The average Bonchev–Trinajstić information content (AvgIpc) is 2.83. The second-order valence-corrected chi connectivity index (χ2v) is 8.82. The molecule has 1 aliphatic rings. The first kappa shape index (κ1) is 17.2. The van der Waals surface area contributed by atoms with E-state index in [-0.39, 0.29) is 5.75 Å². The predicted octanol–water partition coefficient (Wildman–Crippen LogP) is 2.60. The summed E-state index contributed by atoms with van der Waals surface area (Å²) >= 11 is 7.37. The van der Waals surface area contributed by atoms with Gasteiger partial charge in [0.05, 0.1) is 5.75 Å². The van der Waals surface area contributed by atoms with Crippen LogP contribution in [0.2, 0.25) is 0 Å². The van der Waals surface area contributed by atoms with Gasteiger partial charge in [-0.25, -0.2) is 12.7 Å². The van der Waals surface area contributed by atoms with Crippen LogP contribution in [0.25, 0.3) is 0 Å². The minimum Gasteiger partial charge on any atom is -0.297 e. The Hall–Kier alpha value is -0.140. The van der Waals surface area contributed by atoms with Crippen LogP contribution in [-0.2, 0) is 16.6 Å². The standard InChI is InChI=1S/C14H23ClN2O2S2/c15-6-1-2-12-21(18,19)17-8-4-7-16(9-10-17)13-14-5-3-11-20-14/h3,5,11H,1-2,4,6-10,12-13H2. The molecule has 0 amide bonds. The number of sulfonamides is 1. The van der Waals surface area contributed by atoms with E-state index in [0.717, 1.165) is 32.5 Å². The Morgan fingerprint density at radius 2 is 2.05 bits per heavy atom. The SMILES string of the molecule is O=S(=O)(CCCCCl)N1CCCN(Cc2cccs2)CC1. The van der Waals surface area contributed by atoms with E-state index in [0.29, 0.717) is 25.4 Å². The first-order valence-corrected chi connectivity index (χ1v) is 10.4. The summed E-state index contributed by atoms with van der Waals surface area (Å²) in [5.74, 6) is 0.759. The van der Waals surface area contributed by atoms with E-state index in [9.17, 15) is 8.42 Å². The quantitative estimate of drug-likeness (QED) is 0.560. The highest BCUT2D eigenvalue weighted by atomic mass is 35.5. The molecule has 0 bridgehead atoms. The maximum Gasteiger partial charge on any atom is 0.214 e. The maximum atomic E-state index is 12.3. The van der Waals surface area contributed by atoms with Gasteiger partial charge in [-0.15, -0.1) is 22.9 Å². The molecule has 4 nitrogen and oxygen atoms in total. The Bertz CT molecular complexity index is 505. The van der Waals surface area contributed by atoms with Gasteiger partial charge in [0.1, 0.15) is 0 Å². The predicted molar refractivity (Wildman–Crippen MR) is 89.5 cm³/mol. The monoisotopic (exact) mass is 350 g/mol. The second-order valence-electron chi connectivity index (χ2n) is 5.32. The normalized spacial score (nSPS) is 18.7. The minimum absolute atomic E-state index is 0.227. The molecular weight excluding hydrogens is 328 g/mol. The summed E-state index contributed by atoms with van der Waals surface area (Å²) in [6.07, 6.45) is 2.32. The third-order valence-electron chi connectivity index (χ3n) is 3.69. The van der Waals surface area contributed by atoms with Crippen LogP contribution in [0.3, 0.4) is 0 Å². The van der Waals surface area contributed by atoms with Crippen molar-refractivity contribution >= 4 is 33.0 Å². The molecule has 0 saturated carbocycles. The number of rotatable bonds is 7. The lowest BCUT2D eigenvalue weighted by molar-refractivity contribution is 0.281. The molecule has 120 valence electrons. The molecule has 2 heterocycles. The first-order valence-electron chi connectivity index (χ1n) is 7.40. The molecule has 1 aliphatic heterocycles. The molecule has 1 fully saturated rings. The Balaban J connectivity index is 1.85. The molecule has 0 atom stereocenters. The molecule has 0 aromatic carbocycles. The van der Waals surface area contributed by atoms with Crippen LogP contribution in [0.1, 0.15) is 24.1 Å². The van der Waals surface area contributed by atoms with Crippen LogP contribution >= 0.6 is 22.9 Å². The minimum atomic E-state index is -3.11. The maximum absolute atomic E-state index is 12.3. The van der Waals surface area contributed by atoms with Crippen molar-refractivity contribution in [3.05, 3.63) is 22.4 Å². The Morgan fingerprint density at radius 1 is 1.19 bits per heavy atom. The molecule has 1 aromatic heterocycles. The Kier molecular flexibility index (Phi) is 6.95. The fraction of sp³-hybridized carbons (Fsp3) is 0.714. The smallest absolute Gasteiger partial charge is 0.214 e. The van der Waals surface area contributed by atoms with Crippen molar-refractivity contribution in [1.82, 2.24) is 9.21 Å². The van der Waals surface area contributed by atoms with Crippen molar-refractivity contribution < 1.29 is 8.42 Å². The zero-order valence-corrected chi connectivity index (χ0v) is 14.6. The van der Waals surface area contributed by atoms with Crippen molar-refractivity contribution in [2.75, 3.05) is 37.8 Å². The summed E-state index contributed by atoms with van der Waals surface area (Å²) in [4.78, 5) is 3.69. The summed E-state index contributed by atoms with van der Waals surface area (Å²) in [5, 5.41) is 2.08. The van der Waals surface area contributed by atoms with Crippen molar-refractivity contribution in [2.24, 2.45) is 0 Å². The molecule has 0 spiro atoms. The number of alkyl halides is 1. The van der Waals surface area contributed by atoms with Crippen LogP contribution in [0.5, 0.6) is 0 Å². The van der Waals surface area contributed by atoms with Gasteiger partial charge in [0.2, 0.25) is 10.0 Å². The van der Waals surface area contributed by atoms with Crippen molar-refractivity contribution in [2.45, 2.75) is 25.8 Å². The third kappa shape index (κ3) is 5.53. The zero-order chi connectivity index (χ0) is 15.1. The van der Waals surface area contributed by atoms with Crippen LogP contribution in [0.15, 0.2) is 17.5 Å². The van der Waals surface area contributed by atoms with E-state index in [2.05, 4.69) is 22.4 Å². The third-order valence-corrected chi connectivity index (χ3v) is 6.77. The molecule has 21 heavy (non-hydrogen) atoms. The Labute approximate surface area is 136 Å². The molecule has 7 heteroatoms.